The number of hydrogen-bond acceptors (Lipinski definition) is 5. The first kappa shape index (κ1) is 17.2. The van der Waals surface area contributed by atoms with Crippen molar-refractivity contribution in [2.24, 2.45) is 0 Å². The van der Waals surface area contributed by atoms with Gasteiger partial charge in [-0.2, -0.15) is 5.10 Å². The summed E-state index contributed by atoms with van der Waals surface area (Å²) in [6, 6.07) is 13.8. The molecule has 1 fully saturated rings. The standard InChI is InChI=1S/C20H22N6O/c1-16-7-8-26(23-16)19-14-18(21-15-22-19)24-9-11-25(12-10-24)20(27)13-17-5-3-2-4-6-17/h2-8,14-15H,9-13H2,1H3. The highest BCUT2D eigenvalue weighted by molar-refractivity contribution is 5.79. The molecular formula is C20H22N6O. The molecule has 0 bridgehead atoms. The summed E-state index contributed by atoms with van der Waals surface area (Å²) in [5, 5.41) is 4.40. The second kappa shape index (κ2) is 7.57. The van der Waals surface area contributed by atoms with Crippen LogP contribution in [-0.4, -0.2) is 56.7 Å². The van der Waals surface area contributed by atoms with E-state index < -0.39 is 0 Å². The Labute approximate surface area is 158 Å². The third kappa shape index (κ3) is 3.97. The monoisotopic (exact) mass is 362 g/mol. The van der Waals surface area contributed by atoms with Crippen molar-refractivity contribution < 1.29 is 4.79 Å². The summed E-state index contributed by atoms with van der Waals surface area (Å²) in [5.41, 5.74) is 2.00. The van der Waals surface area contributed by atoms with Crippen LogP contribution in [0.25, 0.3) is 5.82 Å². The minimum atomic E-state index is 0.177. The lowest BCUT2D eigenvalue weighted by Gasteiger charge is -2.35. The lowest BCUT2D eigenvalue weighted by Crippen LogP contribution is -2.49. The van der Waals surface area contributed by atoms with E-state index in [4.69, 9.17) is 0 Å². The average Bonchev–Trinajstić information content (AvgIpc) is 3.15. The second-order valence-corrected chi connectivity index (χ2v) is 6.67. The van der Waals surface area contributed by atoms with Gasteiger partial charge in [0.15, 0.2) is 5.82 Å². The molecule has 0 atom stereocenters. The molecule has 0 saturated carbocycles. The SMILES string of the molecule is Cc1ccn(-c2cc(N3CCN(C(=O)Cc4ccccc4)CC3)ncn2)n1. The van der Waals surface area contributed by atoms with Gasteiger partial charge in [-0.1, -0.05) is 30.3 Å². The van der Waals surface area contributed by atoms with Crippen LogP contribution in [0.3, 0.4) is 0 Å². The van der Waals surface area contributed by atoms with Crippen molar-refractivity contribution in [2.75, 3.05) is 31.1 Å². The Kier molecular flexibility index (Phi) is 4.82. The highest BCUT2D eigenvalue weighted by Crippen LogP contribution is 2.16. The summed E-state index contributed by atoms with van der Waals surface area (Å²) in [5.74, 6) is 1.79. The van der Waals surface area contributed by atoms with Gasteiger partial charge in [-0.25, -0.2) is 14.6 Å². The maximum Gasteiger partial charge on any atom is 0.227 e. The molecule has 0 N–H and O–H groups in total. The number of aromatic nitrogens is 4. The van der Waals surface area contributed by atoms with E-state index in [0.717, 1.165) is 36.0 Å². The summed E-state index contributed by atoms with van der Waals surface area (Å²) in [7, 11) is 0. The first-order valence-corrected chi connectivity index (χ1v) is 9.10. The van der Waals surface area contributed by atoms with Crippen LogP contribution in [0, 0.1) is 6.92 Å². The lowest BCUT2D eigenvalue weighted by atomic mass is 10.1. The van der Waals surface area contributed by atoms with Crippen molar-refractivity contribution in [3.05, 3.63) is 66.2 Å². The highest BCUT2D eigenvalue weighted by Gasteiger charge is 2.22. The molecular weight excluding hydrogens is 340 g/mol. The molecule has 1 aliphatic rings. The fraction of sp³-hybridized carbons (Fsp3) is 0.300. The van der Waals surface area contributed by atoms with Gasteiger partial charge in [0.05, 0.1) is 12.1 Å². The van der Waals surface area contributed by atoms with Crippen LogP contribution < -0.4 is 4.90 Å². The van der Waals surface area contributed by atoms with Gasteiger partial charge < -0.3 is 9.80 Å². The molecule has 1 aliphatic heterocycles. The van der Waals surface area contributed by atoms with Gasteiger partial charge in [-0.15, -0.1) is 0 Å². The third-order valence-electron chi connectivity index (χ3n) is 4.75. The van der Waals surface area contributed by atoms with E-state index in [9.17, 15) is 4.79 Å². The quantitative estimate of drug-likeness (QED) is 0.709. The average molecular weight is 362 g/mol. The van der Waals surface area contributed by atoms with Crippen molar-refractivity contribution >= 4 is 11.7 Å². The van der Waals surface area contributed by atoms with Crippen LogP contribution in [0.2, 0.25) is 0 Å². The Morgan fingerprint density at radius 3 is 2.44 bits per heavy atom. The first-order valence-electron chi connectivity index (χ1n) is 9.10. The third-order valence-corrected chi connectivity index (χ3v) is 4.75. The number of aryl methyl sites for hydroxylation is 1. The number of amides is 1. The predicted octanol–water partition coefficient (Wildman–Crippen LogP) is 1.86. The molecule has 7 heteroatoms. The van der Waals surface area contributed by atoms with E-state index in [1.54, 1.807) is 11.0 Å². The largest absolute Gasteiger partial charge is 0.353 e. The molecule has 27 heavy (non-hydrogen) atoms. The van der Waals surface area contributed by atoms with Crippen LogP contribution in [0.15, 0.2) is 55.0 Å². The molecule has 7 nitrogen and oxygen atoms in total. The highest BCUT2D eigenvalue weighted by atomic mass is 16.2. The van der Waals surface area contributed by atoms with Gasteiger partial charge in [-0.3, -0.25) is 4.79 Å². The maximum absolute atomic E-state index is 12.5. The summed E-state index contributed by atoms with van der Waals surface area (Å²) < 4.78 is 1.75. The van der Waals surface area contributed by atoms with Crippen molar-refractivity contribution in [1.29, 1.82) is 0 Å². The molecule has 0 unspecified atom stereocenters. The Morgan fingerprint density at radius 1 is 1.00 bits per heavy atom. The van der Waals surface area contributed by atoms with E-state index >= 15 is 0 Å². The van der Waals surface area contributed by atoms with Crippen LogP contribution in [0.4, 0.5) is 5.82 Å². The van der Waals surface area contributed by atoms with Crippen molar-refractivity contribution in [3.8, 4) is 5.82 Å². The van der Waals surface area contributed by atoms with Gasteiger partial charge in [0, 0.05) is 38.4 Å². The molecule has 0 aliphatic carbocycles. The zero-order chi connectivity index (χ0) is 18.6. The topological polar surface area (TPSA) is 67.2 Å². The zero-order valence-electron chi connectivity index (χ0n) is 15.3. The van der Waals surface area contributed by atoms with Gasteiger partial charge in [0.25, 0.3) is 0 Å². The molecule has 0 spiro atoms. The minimum absolute atomic E-state index is 0.177. The number of carbonyl (C=O) groups excluding carboxylic acids is 1. The lowest BCUT2D eigenvalue weighted by molar-refractivity contribution is -0.130. The van der Waals surface area contributed by atoms with Gasteiger partial charge >= 0.3 is 0 Å². The number of piperazine rings is 1. The van der Waals surface area contributed by atoms with E-state index in [0.29, 0.717) is 19.5 Å². The molecule has 138 valence electrons. The number of nitrogens with zero attached hydrogens (tertiary/aromatic N) is 6. The van der Waals surface area contributed by atoms with Gasteiger partial charge in [0.1, 0.15) is 12.1 Å². The smallest absolute Gasteiger partial charge is 0.227 e. The fourth-order valence-corrected chi connectivity index (χ4v) is 3.25. The van der Waals surface area contributed by atoms with Gasteiger partial charge in [0.2, 0.25) is 5.91 Å². The van der Waals surface area contributed by atoms with E-state index in [2.05, 4.69) is 20.0 Å². The van der Waals surface area contributed by atoms with Crippen LogP contribution >= 0.6 is 0 Å². The van der Waals surface area contributed by atoms with Crippen molar-refractivity contribution in [3.63, 3.8) is 0 Å². The van der Waals surface area contributed by atoms with Gasteiger partial charge in [-0.05, 0) is 18.6 Å². The normalized spacial score (nSPS) is 14.4. The number of rotatable bonds is 4. The Bertz CT molecular complexity index is 915. The minimum Gasteiger partial charge on any atom is -0.353 e. The summed E-state index contributed by atoms with van der Waals surface area (Å²) in [6.07, 6.45) is 3.91. The Hall–Kier alpha value is -3.22. The van der Waals surface area contributed by atoms with Crippen LogP contribution in [0.5, 0.6) is 0 Å². The van der Waals surface area contributed by atoms with E-state index in [-0.39, 0.29) is 5.91 Å². The zero-order valence-corrected chi connectivity index (χ0v) is 15.3. The van der Waals surface area contributed by atoms with E-state index in [1.165, 1.54) is 0 Å². The van der Waals surface area contributed by atoms with Crippen LogP contribution in [0.1, 0.15) is 11.3 Å². The molecule has 3 heterocycles. The summed E-state index contributed by atoms with van der Waals surface area (Å²) in [4.78, 5) is 25.4. The molecule has 4 rings (SSSR count). The summed E-state index contributed by atoms with van der Waals surface area (Å²) >= 11 is 0. The predicted molar refractivity (Wildman–Crippen MR) is 103 cm³/mol. The Balaban J connectivity index is 1.38. The van der Waals surface area contributed by atoms with Crippen molar-refractivity contribution in [2.45, 2.75) is 13.3 Å². The maximum atomic E-state index is 12.5. The summed E-state index contributed by atoms with van der Waals surface area (Å²) in [6.45, 7) is 4.87. The molecule has 2 aromatic heterocycles. The van der Waals surface area contributed by atoms with E-state index in [1.807, 2.05) is 60.5 Å². The second-order valence-electron chi connectivity index (χ2n) is 6.67. The number of carbonyl (C=O) groups is 1. The molecule has 1 saturated heterocycles. The number of hydrogen-bond donors (Lipinski definition) is 0. The first-order chi connectivity index (χ1) is 13.2. The fourth-order valence-electron chi connectivity index (χ4n) is 3.25. The molecule has 1 aromatic carbocycles. The Morgan fingerprint density at radius 2 is 1.74 bits per heavy atom. The molecule has 0 radical (unpaired) electrons. The van der Waals surface area contributed by atoms with Crippen LogP contribution in [-0.2, 0) is 11.2 Å². The number of anilines is 1. The van der Waals surface area contributed by atoms with Crippen molar-refractivity contribution in [1.82, 2.24) is 24.6 Å². The molecule has 3 aromatic rings. The molecule has 1 amide bonds. The number of benzene rings is 1.